The first kappa shape index (κ1) is 23.0. The Labute approximate surface area is 193 Å². The van der Waals surface area contributed by atoms with Gasteiger partial charge < -0.3 is 19.3 Å². The van der Waals surface area contributed by atoms with Gasteiger partial charge >= 0.3 is 5.97 Å². The topological polar surface area (TPSA) is 83.5 Å². The highest BCUT2D eigenvalue weighted by atomic mass is 19.1. The van der Waals surface area contributed by atoms with Crippen LogP contribution < -0.4 is 4.74 Å². The molecule has 8 atom stereocenters. The summed E-state index contributed by atoms with van der Waals surface area (Å²) >= 11 is 0. The number of fused-ring (bicyclic) bond motifs is 2. The van der Waals surface area contributed by atoms with Gasteiger partial charge in [-0.3, -0.25) is 4.79 Å². The maximum absolute atomic E-state index is 15.0. The third-order valence-corrected chi connectivity index (χ3v) is 8.53. The molecule has 8 heteroatoms. The standard InChI is InChI=1S/C25H33FO7/c1-13-6-8-17-14(2)20(29-19-9-7-15(12-18(19)26)23(3,4)21(27)28)30-22-25(17)16(13)10-11-24(5,31-22)32-33-25/h7,9,12-14,16-17,20,22H,6,8,10-11H2,1-5H3,(H,27,28)/t13-,14-,16+,17+,20+,22-,24-,25-/m1/s1. The molecule has 0 radical (unpaired) electrons. The van der Waals surface area contributed by atoms with Crippen LogP contribution in [0.5, 0.6) is 5.75 Å². The maximum atomic E-state index is 15.0. The highest BCUT2D eigenvalue weighted by Crippen LogP contribution is 2.60. The number of hydrogen-bond donors (Lipinski definition) is 1. The molecule has 7 nitrogen and oxygen atoms in total. The summed E-state index contributed by atoms with van der Waals surface area (Å²) in [7, 11) is 0. The van der Waals surface area contributed by atoms with Crippen LogP contribution in [0.2, 0.25) is 0 Å². The molecule has 0 aromatic heterocycles. The smallest absolute Gasteiger partial charge is 0.313 e. The average Bonchev–Trinajstić information content (AvgIpc) is 2.99. The summed E-state index contributed by atoms with van der Waals surface area (Å²) in [6.07, 6.45) is 2.21. The molecule has 1 aromatic carbocycles. The average molecular weight is 465 g/mol. The van der Waals surface area contributed by atoms with Crippen molar-refractivity contribution in [3.63, 3.8) is 0 Å². The Morgan fingerprint density at radius 2 is 1.94 bits per heavy atom. The minimum atomic E-state index is -1.21. The second-order valence-electron chi connectivity index (χ2n) is 11.0. The van der Waals surface area contributed by atoms with Gasteiger partial charge in [-0.15, -0.1) is 0 Å². The fourth-order valence-corrected chi connectivity index (χ4v) is 6.24. The van der Waals surface area contributed by atoms with Gasteiger partial charge in [0, 0.05) is 18.3 Å². The normalized spacial score (nSPS) is 42.4. The quantitative estimate of drug-likeness (QED) is 0.643. The van der Waals surface area contributed by atoms with E-state index in [-0.39, 0.29) is 23.5 Å². The zero-order chi connectivity index (χ0) is 23.8. The molecule has 33 heavy (non-hydrogen) atoms. The molecule has 0 unspecified atom stereocenters. The van der Waals surface area contributed by atoms with E-state index in [0.29, 0.717) is 17.9 Å². The van der Waals surface area contributed by atoms with Gasteiger partial charge in [0.2, 0.25) is 12.1 Å². The Morgan fingerprint density at radius 3 is 2.64 bits per heavy atom. The zero-order valence-corrected chi connectivity index (χ0v) is 19.8. The number of carboxylic acids is 1. The van der Waals surface area contributed by atoms with Crippen molar-refractivity contribution >= 4 is 5.97 Å². The van der Waals surface area contributed by atoms with Gasteiger partial charge in [0.25, 0.3) is 0 Å². The third kappa shape index (κ3) is 3.40. The summed E-state index contributed by atoms with van der Waals surface area (Å²) in [5.74, 6) is -1.85. The Bertz CT molecular complexity index is 951. The van der Waals surface area contributed by atoms with Crippen LogP contribution in [0.25, 0.3) is 0 Å². The van der Waals surface area contributed by atoms with Gasteiger partial charge in [0.1, 0.15) is 0 Å². The van der Waals surface area contributed by atoms with E-state index < -0.39 is 41.2 Å². The molecule has 2 bridgehead atoms. The number of hydrogen-bond acceptors (Lipinski definition) is 6. The van der Waals surface area contributed by atoms with Crippen LogP contribution in [0.1, 0.15) is 65.9 Å². The minimum absolute atomic E-state index is 0.0237. The molecule has 4 saturated heterocycles. The Kier molecular flexibility index (Phi) is 5.33. The number of carboxylic acid groups (broad SMARTS) is 1. The first-order chi connectivity index (χ1) is 15.5. The Hall–Kier alpha value is -1.74. The van der Waals surface area contributed by atoms with Crippen LogP contribution in [-0.2, 0) is 29.5 Å². The van der Waals surface area contributed by atoms with Crippen LogP contribution in [0.4, 0.5) is 4.39 Å². The van der Waals surface area contributed by atoms with Crippen LogP contribution in [-0.4, -0.2) is 35.0 Å². The molecule has 4 heterocycles. The monoisotopic (exact) mass is 464 g/mol. The maximum Gasteiger partial charge on any atom is 0.313 e. The molecule has 1 N–H and O–H groups in total. The molecule has 5 aliphatic rings. The van der Waals surface area contributed by atoms with Gasteiger partial charge in [0.05, 0.1) is 5.41 Å². The highest BCUT2D eigenvalue weighted by Gasteiger charge is 2.69. The van der Waals surface area contributed by atoms with Crippen molar-refractivity contribution in [3.05, 3.63) is 29.6 Å². The molecule has 1 aromatic rings. The van der Waals surface area contributed by atoms with E-state index in [1.807, 2.05) is 13.8 Å². The summed E-state index contributed by atoms with van der Waals surface area (Å²) in [5, 5.41) is 9.45. The lowest BCUT2D eigenvalue weighted by Gasteiger charge is -2.60. The van der Waals surface area contributed by atoms with Crippen LogP contribution in [0.3, 0.4) is 0 Å². The predicted octanol–water partition coefficient (Wildman–Crippen LogP) is 4.77. The molecule has 6 rings (SSSR count). The van der Waals surface area contributed by atoms with Crippen molar-refractivity contribution in [2.75, 3.05) is 0 Å². The number of halogens is 1. The van der Waals surface area contributed by atoms with Crippen molar-refractivity contribution < 1.29 is 38.3 Å². The van der Waals surface area contributed by atoms with Gasteiger partial charge in [-0.25, -0.2) is 14.2 Å². The first-order valence-electron chi connectivity index (χ1n) is 11.9. The number of aliphatic carboxylic acids is 1. The summed E-state index contributed by atoms with van der Waals surface area (Å²) in [5.41, 5.74) is -1.56. The van der Waals surface area contributed by atoms with Crippen LogP contribution in [0, 0.1) is 29.5 Å². The predicted molar refractivity (Wildman–Crippen MR) is 115 cm³/mol. The second kappa shape index (κ2) is 7.63. The lowest BCUT2D eigenvalue weighted by molar-refractivity contribution is -0.575. The van der Waals surface area contributed by atoms with Crippen LogP contribution in [0.15, 0.2) is 18.2 Å². The van der Waals surface area contributed by atoms with E-state index in [9.17, 15) is 14.3 Å². The first-order valence-corrected chi connectivity index (χ1v) is 11.9. The molecule has 0 amide bonds. The van der Waals surface area contributed by atoms with Crippen LogP contribution >= 0.6 is 0 Å². The number of ether oxygens (including phenoxy) is 3. The number of carbonyl (C=O) groups is 1. The van der Waals surface area contributed by atoms with E-state index in [2.05, 4.69) is 6.92 Å². The molecular weight excluding hydrogens is 431 g/mol. The van der Waals surface area contributed by atoms with E-state index in [1.165, 1.54) is 26.0 Å². The minimum Gasteiger partial charge on any atom is -0.481 e. The van der Waals surface area contributed by atoms with E-state index >= 15 is 0 Å². The fraction of sp³-hybridized carbons (Fsp3) is 0.720. The second-order valence-corrected chi connectivity index (χ2v) is 11.0. The summed E-state index contributed by atoms with van der Waals surface area (Å²) in [6.45, 7) is 9.22. The zero-order valence-electron chi connectivity index (χ0n) is 19.8. The molecule has 182 valence electrons. The van der Waals surface area contributed by atoms with Crippen molar-refractivity contribution in [3.8, 4) is 5.75 Å². The molecule has 4 aliphatic heterocycles. The Morgan fingerprint density at radius 1 is 1.18 bits per heavy atom. The van der Waals surface area contributed by atoms with E-state index in [0.717, 1.165) is 19.3 Å². The molecule has 1 spiro atoms. The lowest BCUT2D eigenvalue weighted by Crippen LogP contribution is -2.70. The summed E-state index contributed by atoms with van der Waals surface area (Å²) < 4.78 is 33.7. The molecule has 5 fully saturated rings. The lowest BCUT2D eigenvalue weighted by atomic mass is 9.58. The third-order valence-electron chi connectivity index (χ3n) is 8.53. The highest BCUT2D eigenvalue weighted by molar-refractivity contribution is 5.80. The SMILES string of the molecule is C[C@H]1[C@@H](Oc2ccc(C(C)(C)C(=O)O)cc2F)O[C@@H]2O[C@@]3(C)CC[C@H]4[C@H](C)CC[C@@H]1[C@@]24OO3. The van der Waals surface area contributed by atoms with Gasteiger partial charge in [-0.2, -0.15) is 0 Å². The Balaban J connectivity index is 1.44. The number of benzene rings is 1. The summed E-state index contributed by atoms with van der Waals surface area (Å²) in [4.78, 5) is 23.5. The van der Waals surface area contributed by atoms with E-state index in [4.69, 9.17) is 24.0 Å². The van der Waals surface area contributed by atoms with Gasteiger partial charge in [-0.05, 0) is 69.6 Å². The van der Waals surface area contributed by atoms with Crippen molar-refractivity contribution in [2.24, 2.45) is 23.7 Å². The molecule has 1 aliphatic carbocycles. The van der Waals surface area contributed by atoms with Crippen molar-refractivity contribution in [1.82, 2.24) is 0 Å². The van der Waals surface area contributed by atoms with Crippen molar-refractivity contribution in [1.29, 1.82) is 0 Å². The largest absolute Gasteiger partial charge is 0.481 e. The number of rotatable bonds is 4. The molecule has 1 saturated carbocycles. The van der Waals surface area contributed by atoms with Crippen molar-refractivity contribution in [2.45, 2.75) is 89.7 Å². The molecular formula is C25H33FO7. The van der Waals surface area contributed by atoms with E-state index in [1.54, 1.807) is 6.07 Å². The summed E-state index contributed by atoms with van der Waals surface area (Å²) in [6, 6.07) is 4.28. The van der Waals surface area contributed by atoms with Gasteiger partial charge in [-0.1, -0.05) is 19.9 Å². The fourth-order valence-electron chi connectivity index (χ4n) is 6.24. The van der Waals surface area contributed by atoms with Gasteiger partial charge in [0.15, 0.2) is 23.5 Å².